The van der Waals surface area contributed by atoms with Gasteiger partial charge in [-0.1, -0.05) is 0 Å². The molecule has 0 unspecified atom stereocenters. The number of nitrogens with zero attached hydrogens (tertiary/aromatic N) is 2. The summed E-state index contributed by atoms with van der Waals surface area (Å²) < 4.78 is 1.70. The van der Waals surface area contributed by atoms with Crippen LogP contribution in [0.3, 0.4) is 0 Å². The van der Waals surface area contributed by atoms with Crippen molar-refractivity contribution in [1.82, 2.24) is 4.57 Å². The second-order valence-electron chi connectivity index (χ2n) is 4.59. The van der Waals surface area contributed by atoms with E-state index in [4.69, 9.17) is 11.0 Å². The van der Waals surface area contributed by atoms with E-state index < -0.39 is 11.8 Å². The summed E-state index contributed by atoms with van der Waals surface area (Å²) in [7, 11) is 0. The summed E-state index contributed by atoms with van der Waals surface area (Å²) in [6.45, 7) is 5.73. The topological polar surface area (TPSA) is 101 Å². The molecule has 0 aromatic carbocycles. The molecule has 0 saturated heterocycles. The van der Waals surface area contributed by atoms with Crippen LogP contribution < -0.4 is 11.1 Å². The summed E-state index contributed by atoms with van der Waals surface area (Å²) in [4.78, 5) is 21.9. The molecule has 1 heterocycles. The molecule has 17 heavy (non-hydrogen) atoms. The number of nitrogens with one attached hydrogen (secondary N) is 1. The Balaban J connectivity index is 3.15. The van der Waals surface area contributed by atoms with Gasteiger partial charge in [-0.15, -0.1) is 0 Å². The first kappa shape index (κ1) is 12.8. The van der Waals surface area contributed by atoms with Crippen molar-refractivity contribution in [3.05, 3.63) is 17.8 Å². The smallest absolute Gasteiger partial charge is 0.314 e. The molecule has 0 atom stereocenters. The minimum absolute atomic E-state index is 0.324. The van der Waals surface area contributed by atoms with Crippen molar-refractivity contribution >= 4 is 17.6 Å². The van der Waals surface area contributed by atoms with Gasteiger partial charge < -0.3 is 15.6 Å². The van der Waals surface area contributed by atoms with Crippen molar-refractivity contribution in [3.63, 3.8) is 0 Å². The zero-order valence-corrected chi connectivity index (χ0v) is 9.94. The van der Waals surface area contributed by atoms with Crippen molar-refractivity contribution in [2.24, 2.45) is 5.73 Å². The monoisotopic (exact) mass is 234 g/mol. The van der Waals surface area contributed by atoms with Gasteiger partial charge in [0.05, 0.1) is 5.56 Å². The van der Waals surface area contributed by atoms with Crippen molar-refractivity contribution < 1.29 is 9.59 Å². The maximum absolute atomic E-state index is 11.2. The molecule has 0 saturated carbocycles. The summed E-state index contributed by atoms with van der Waals surface area (Å²) in [6, 6.07) is 3.47. The Morgan fingerprint density at radius 1 is 1.47 bits per heavy atom. The Morgan fingerprint density at radius 3 is 2.47 bits per heavy atom. The van der Waals surface area contributed by atoms with Gasteiger partial charge in [-0.25, -0.2) is 0 Å². The minimum Gasteiger partial charge on any atom is -0.361 e. The van der Waals surface area contributed by atoms with Gasteiger partial charge in [-0.3, -0.25) is 9.59 Å². The van der Waals surface area contributed by atoms with Gasteiger partial charge in [-0.05, 0) is 26.8 Å². The zero-order valence-electron chi connectivity index (χ0n) is 9.94. The van der Waals surface area contributed by atoms with Gasteiger partial charge >= 0.3 is 11.8 Å². The normalized spacial score (nSPS) is 10.7. The molecule has 0 aliphatic carbocycles. The Bertz CT molecular complexity index is 503. The number of anilines is 1. The van der Waals surface area contributed by atoms with Crippen LogP contribution in [0.25, 0.3) is 0 Å². The molecule has 0 fully saturated rings. The molecule has 90 valence electrons. The van der Waals surface area contributed by atoms with E-state index in [0.717, 1.165) is 0 Å². The summed E-state index contributed by atoms with van der Waals surface area (Å²) in [5, 5.41) is 11.2. The van der Waals surface area contributed by atoms with E-state index in [-0.39, 0.29) is 5.54 Å². The van der Waals surface area contributed by atoms with E-state index in [0.29, 0.717) is 11.4 Å². The van der Waals surface area contributed by atoms with E-state index >= 15 is 0 Å². The average Bonchev–Trinajstić information content (AvgIpc) is 2.60. The number of nitriles is 1. The molecule has 0 radical (unpaired) electrons. The van der Waals surface area contributed by atoms with Gasteiger partial charge in [-0.2, -0.15) is 5.26 Å². The SMILES string of the molecule is CC(C)(C)n1cc(C#N)cc1NC(=O)C(N)=O. The van der Waals surface area contributed by atoms with Gasteiger partial charge in [0.1, 0.15) is 11.9 Å². The van der Waals surface area contributed by atoms with E-state index in [1.807, 2.05) is 26.8 Å². The lowest BCUT2D eigenvalue weighted by molar-refractivity contribution is -0.134. The van der Waals surface area contributed by atoms with Crippen molar-refractivity contribution in [1.29, 1.82) is 5.26 Å². The first-order chi connectivity index (χ1) is 7.75. The van der Waals surface area contributed by atoms with Crippen LogP contribution in [0.1, 0.15) is 26.3 Å². The lowest BCUT2D eigenvalue weighted by atomic mass is 10.1. The Kier molecular flexibility index (Phi) is 3.23. The molecule has 0 aliphatic rings. The van der Waals surface area contributed by atoms with Gasteiger partial charge in [0.15, 0.2) is 0 Å². The second-order valence-corrected chi connectivity index (χ2v) is 4.59. The highest BCUT2D eigenvalue weighted by Crippen LogP contribution is 2.23. The third-order valence-electron chi connectivity index (χ3n) is 2.14. The number of rotatable bonds is 1. The summed E-state index contributed by atoms with van der Waals surface area (Å²) in [6.07, 6.45) is 1.61. The average molecular weight is 234 g/mol. The Labute approximate surface area is 99.0 Å². The van der Waals surface area contributed by atoms with E-state index in [2.05, 4.69) is 5.32 Å². The highest BCUT2D eigenvalue weighted by molar-refractivity contribution is 6.39. The Morgan fingerprint density at radius 2 is 2.06 bits per heavy atom. The fraction of sp³-hybridized carbons (Fsp3) is 0.364. The lowest BCUT2D eigenvalue weighted by Crippen LogP contribution is -2.32. The number of carbonyl (C=O) groups is 2. The number of amides is 2. The van der Waals surface area contributed by atoms with Gasteiger partial charge in [0.25, 0.3) is 0 Å². The summed E-state index contributed by atoms with van der Waals surface area (Å²) in [5.74, 6) is -1.60. The zero-order chi connectivity index (χ0) is 13.2. The van der Waals surface area contributed by atoms with Gasteiger partial charge in [0, 0.05) is 11.7 Å². The van der Waals surface area contributed by atoms with Crippen LogP contribution in [-0.4, -0.2) is 16.4 Å². The first-order valence-corrected chi connectivity index (χ1v) is 4.99. The van der Waals surface area contributed by atoms with Crippen LogP contribution in [0, 0.1) is 11.3 Å². The number of nitrogens with two attached hydrogens (primary N) is 1. The van der Waals surface area contributed by atoms with E-state index in [1.54, 1.807) is 10.8 Å². The standard InChI is InChI=1S/C11H14N4O2/c1-11(2,3)15-6-7(5-12)4-8(15)14-10(17)9(13)16/h4,6H,1-3H3,(H2,13,16)(H,14,17). The number of hydrogen-bond donors (Lipinski definition) is 2. The largest absolute Gasteiger partial charge is 0.361 e. The number of aromatic nitrogens is 1. The van der Waals surface area contributed by atoms with Crippen LogP contribution in [0.4, 0.5) is 5.82 Å². The maximum Gasteiger partial charge on any atom is 0.314 e. The lowest BCUT2D eigenvalue weighted by Gasteiger charge is -2.24. The molecule has 1 aromatic heterocycles. The van der Waals surface area contributed by atoms with Crippen LogP contribution in [0.2, 0.25) is 0 Å². The molecule has 6 heteroatoms. The van der Waals surface area contributed by atoms with Crippen molar-refractivity contribution in [3.8, 4) is 6.07 Å². The van der Waals surface area contributed by atoms with E-state index in [9.17, 15) is 9.59 Å². The highest BCUT2D eigenvalue weighted by atomic mass is 16.2. The molecular weight excluding hydrogens is 220 g/mol. The Hall–Kier alpha value is -2.29. The quantitative estimate of drug-likeness (QED) is 0.693. The molecular formula is C11H14N4O2. The molecule has 0 spiro atoms. The third kappa shape index (κ3) is 2.84. The van der Waals surface area contributed by atoms with Crippen LogP contribution in [-0.2, 0) is 15.1 Å². The molecule has 2 amide bonds. The number of primary amides is 1. The maximum atomic E-state index is 11.2. The molecule has 1 rings (SSSR count). The summed E-state index contributed by atoms with van der Waals surface area (Å²) >= 11 is 0. The summed E-state index contributed by atoms with van der Waals surface area (Å²) in [5.41, 5.74) is 4.94. The third-order valence-corrected chi connectivity index (χ3v) is 2.14. The van der Waals surface area contributed by atoms with Crippen LogP contribution >= 0.6 is 0 Å². The number of hydrogen-bond acceptors (Lipinski definition) is 3. The predicted octanol–water partition coefficient (Wildman–Crippen LogP) is 0.539. The van der Waals surface area contributed by atoms with E-state index in [1.165, 1.54) is 6.07 Å². The molecule has 6 nitrogen and oxygen atoms in total. The molecule has 3 N–H and O–H groups in total. The van der Waals surface area contributed by atoms with Crippen LogP contribution in [0.5, 0.6) is 0 Å². The fourth-order valence-electron chi connectivity index (χ4n) is 1.35. The first-order valence-electron chi connectivity index (χ1n) is 4.99. The highest BCUT2D eigenvalue weighted by Gasteiger charge is 2.20. The molecule has 0 bridgehead atoms. The van der Waals surface area contributed by atoms with Crippen molar-refractivity contribution in [2.75, 3.05) is 5.32 Å². The van der Waals surface area contributed by atoms with Crippen molar-refractivity contribution in [2.45, 2.75) is 26.3 Å². The minimum atomic E-state index is -1.06. The fourth-order valence-corrected chi connectivity index (χ4v) is 1.35. The number of carbonyl (C=O) groups excluding carboxylic acids is 2. The van der Waals surface area contributed by atoms with Gasteiger partial charge in [0.2, 0.25) is 0 Å². The molecule has 0 aliphatic heterocycles. The predicted molar refractivity (Wildman–Crippen MR) is 62.0 cm³/mol. The van der Waals surface area contributed by atoms with Crippen LogP contribution in [0.15, 0.2) is 12.3 Å². The molecule has 1 aromatic rings. The second kappa shape index (κ2) is 4.29.